The summed E-state index contributed by atoms with van der Waals surface area (Å²) in [6, 6.07) is 12.2. The van der Waals surface area contributed by atoms with E-state index in [1.807, 2.05) is 25.1 Å². The normalized spacial score (nSPS) is 14.3. The van der Waals surface area contributed by atoms with E-state index in [1.165, 1.54) is 32.0 Å². The van der Waals surface area contributed by atoms with Crippen LogP contribution in [0.3, 0.4) is 0 Å². The van der Waals surface area contributed by atoms with Crippen LogP contribution in [-0.2, 0) is 0 Å². The van der Waals surface area contributed by atoms with Crippen molar-refractivity contribution in [3.8, 4) is 22.8 Å². The van der Waals surface area contributed by atoms with Gasteiger partial charge >= 0.3 is 0 Å². The van der Waals surface area contributed by atoms with Gasteiger partial charge in [0.15, 0.2) is 11.0 Å². The second-order valence-electron chi connectivity index (χ2n) is 7.43. The standard InChI is InChI=1S/C24H26ClNO4/c1-2-28-17-9-10-19(22(15-17)29-14-6-13-26-11-3-4-12-26)23-16-21(27)18-7-5-8-20(25)24(18)30-23/h5,7-10,15-16H,2-4,6,11-14H2,1H3. The van der Waals surface area contributed by atoms with E-state index in [-0.39, 0.29) is 5.43 Å². The smallest absolute Gasteiger partial charge is 0.193 e. The highest BCUT2D eigenvalue weighted by Gasteiger charge is 2.15. The molecular formula is C24H26ClNO4. The SMILES string of the molecule is CCOc1ccc(-c2cc(=O)c3cccc(Cl)c3o2)c(OCCCN2CCCC2)c1. The Labute approximate surface area is 181 Å². The molecular weight excluding hydrogens is 402 g/mol. The minimum atomic E-state index is -0.136. The molecule has 1 aromatic heterocycles. The topological polar surface area (TPSA) is 51.9 Å². The Morgan fingerprint density at radius 1 is 1.10 bits per heavy atom. The zero-order chi connectivity index (χ0) is 20.9. The summed E-state index contributed by atoms with van der Waals surface area (Å²) in [7, 11) is 0. The molecule has 1 aliphatic rings. The van der Waals surface area contributed by atoms with E-state index in [0.29, 0.717) is 46.3 Å². The summed E-state index contributed by atoms with van der Waals surface area (Å²) in [6.45, 7) is 6.46. The first-order valence-electron chi connectivity index (χ1n) is 10.5. The van der Waals surface area contributed by atoms with Crippen molar-refractivity contribution in [3.05, 3.63) is 57.7 Å². The maximum atomic E-state index is 12.6. The summed E-state index contributed by atoms with van der Waals surface area (Å²) in [6.07, 6.45) is 3.50. The van der Waals surface area contributed by atoms with Gasteiger partial charge in [-0.2, -0.15) is 0 Å². The molecule has 1 saturated heterocycles. The Morgan fingerprint density at radius 3 is 2.73 bits per heavy atom. The fraction of sp³-hybridized carbons (Fsp3) is 0.375. The lowest BCUT2D eigenvalue weighted by Gasteiger charge is -2.16. The molecule has 0 bridgehead atoms. The zero-order valence-corrected chi connectivity index (χ0v) is 17.9. The van der Waals surface area contributed by atoms with Crippen LogP contribution in [0.25, 0.3) is 22.3 Å². The highest BCUT2D eigenvalue weighted by atomic mass is 35.5. The highest BCUT2D eigenvalue weighted by Crippen LogP contribution is 2.35. The molecule has 1 aliphatic heterocycles. The number of rotatable bonds is 8. The Bertz CT molecular complexity index is 1070. The maximum Gasteiger partial charge on any atom is 0.193 e. The van der Waals surface area contributed by atoms with Gasteiger partial charge in [-0.3, -0.25) is 4.79 Å². The molecule has 158 valence electrons. The minimum Gasteiger partial charge on any atom is -0.494 e. The van der Waals surface area contributed by atoms with Crippen LogP contribution in [0, 0.1) is 0 Å². The van der Waals surface area contributed by atoms with Gasteiger partial charge in [0, 0.05) is 18.7 Å². The molecule has 2 heterocycles. The number of nitrogens with zero attached hydrogens (tertiary/aromatic N) is 1. The molecule has 6 heteroatoms. The number of benzene rings is 2. The van der Waals surface area contributed by atoms with Gasteiger partial charge in [-0.05, 0) is 63.5 Å². The van der Waals surface area contributed by atoms with Gasteiger partial charge in [0.2, 0.25) is 0 Å². The van der Waals surface area contributed by atoms with E-state index in [4.69, 9.17) is 25.5 Å². The third kappa shape index (κ3) is 4.63. The van der Waals surface area contributed by atoms with Crippen LogP contribution >= 0.6 is 11.6 Å². The van der Waals surface area contributed by atoms with Crippen molar-refractivity contribution in [3.63, 3.8) is 0 Å². The molecule has 0 atom stereocenters. The largest absolute Gasteiger partial charge is 0.494 e. The van der Waals surface area contributed by atoms with Gasteiger partial charge in [-0.1, -0.05) is 17.7 Å². The first-order valence-corrected chi connectivity index (χ1v) is 10.9. The van der Waals surface area contributed by atoms with Crippen LogP contribution in [0.1, 0.15) is 26.2 Å². The summed E-state index contributed by atoms with van der Waals surface area (Å²) in [4.78, 5) is 15.1. The molecule has 0 spiro atoms. The van der Waals surface area contributed by atoms with Gasteiger partial charge in [-0.15, -0.1) is 0 Å². The quantitative estimate of drug-likeness (QED) is 0.452. The lowest BCUT2D eigenvalue weighted by atomic mass is 10.1. The van der Waals surface area contributed by atoms with Crippen molar-refractivity contribution < 1.29 is 13.9 Å². The van der Waals surface area contributed by atoms with E-state index in [0.717, 1.165) is 18.7 Å². The van der Waals surface area contributed by atoms with Crippen LogP contribution in [0.15, 0.2) is 51.7 Å². The van der Waals surface area contributed by atoms with Gasteiger partial charge < -0.3 is 18.8 Å². The number of ether oxygens (including phenoxy) is 2. The maximum absolute atomic E-state index is 12.6. The van der Waals surface area contributed by atoms with Crippen molar-refractivity contribution in [1.82, 2.24) is 4.90 Å². The third-order valence-electron chi connectivity index (χ3n) is 5.31. The molecule has 1 fully saturated rings. The van der Waals surface area contributed by atoms with Crippen molar-refractivity contribution >= 4 is 22.6 Å². The Morgan fingerprint density at radius 2 is 1.93 bits per heavy atom. The molecule has 0 amide bonds. The third-order valence-corrected chi connectivity index (χ3v) is 5.61. The molecule has 0 N–H and O–H groups in total. The molecule has 3 aromatic rings. The highest BCUT2D eigenvalue weighted by molar-refractivity contribution is 6.34. The second-order valence-corrected chi connectivity index (χ2v) is 7.84. The summed E-state index contributed by atoms with van der Waals surface area (Å²) in [5, 5.41) is 0.871. The van der Waals surface area contributed by atoms with Crippen LogP contribution in [0.2, 0.25) is 5.02 Å². The number of para-hydroxylation sites is 1. The lowest BCUT2D eigenvalue weighted by molar-refractivity contribution is 0.262. The Balaban J connectivity index is 1.62. The van der Waals surface area contributed by atoms with E-state index in [1.54, 1.807) is 18.2 Å². The fourth-order valence-corrected chi connectivity index (χ4v) is 4.05. The van der Waals surface area contributed by atoms with E-state index < -0.39 is 0 Å². The number of halogens is 1. The van der Waals surface area contributed by atoms with E-state index in [2.05, 4.69) is 4.90 Å². The Kier molecular flexibility index (Phi) is 6.60. The van der Waals surface area contributed by atoms with Crippen molar-refractivity contribution in [2.75, 3.05) is 32.8 Å². The van der Waals surface area contributed by atoms with Crippen molar-refractivity contribution in [2.24, 2.45) is 0 Å². The second kappa shape index (κ2) is 9.54. The predicted molar refractivity (Wildman–Crippen MR) is 120 cm³/mol. The molecule has 0 aliphatic carbocycles. The van der Waals surface area contributed by atoms with Gasteiger partial charge in [-0.25, -0.2) is 0 Å². The predicted octanol–water partition coefficient (Wildman–Crippen LogP) is 5.38. The molecule has 0 unspecified atom stereocenters. The van der Waals surface area contributed by atoms with Crippen LogP contribution in [0.5, 0.6) is 11.5 Å². The average molecular weight is 428 g/mol. The molecule has 30 heavy (non-hydrogen) atoms. The number of likely N-dealkylation sites (tertiary alicyclic amines) is 1. The van der Waals surface area contributed by atoms with Crippen LogP contribution in [-0.4, -0.2) is 37.7 Å². The number of hydrogen-bond acceptors (Lipinski definition) is 5. The molecule has 2 aromatic carbocycles. The van der Waals surface area contributed by atoms with Crippen molar-refractivity contribution in [2.45, 2.75) is 26.2 Å². The van der Waals surface area contributed by atoms with Gasteiger partial charge in [0.1, 0.15) is 17.3 Å². The summed E-state index contributed by atoms with van der Waals surface area (Å²) < 4.78 is 17.8. The van der Waals surface area contributed by atoms with E-state index >= 15 is 0 Å². The number of hydrogen-bond donors (Lipinski definition) is 0. The zero-order valence-electron chi connectivity index (χ0n) is 17.2. The van der Waals surface area contributed by atoms with E-state index in [9.17, 15) is 4.79 Å². The number of fused-ring (bicyclic) bond motifs is 1. The monoisotopic (exact) mass is 427 g/mol. The average Bonchev–Trinajstić information content (AvgIpc) is 3.26. The minimum absolute atomic E-state index is 0.136. The fourth-order valence-electron chi connectivity index (χ4n) is 3.83. The van der Waals surface area contributed by atoms with Gasteiger partial charge in [0.25, 0.3) is 0 Å². The summed E-state index contributed by atoms with van der Waals surface area (Å²) in [5.41, 5.74) is 0.955. The molecule has 5 nitrogen and oxygen atoms in total. The van der Waals surface area contributed by atoms with Crippen LogP contribution in [0.4, 0.5) is 0 Å². The molecule has 0 radical (unpaired) electrons. The lowest BCUT2D eigenvalue weighted by Crippen LogP contribution is -2.21. The first-order chi connectivity index (χ1) is 14.7. The Hall–Kier alpha value is -2.50. The molecule has 0 saturated carbocycles. The van der Waals surface area contributed by atoms with Crippen molar-refractivity contribution in [1.29, 1.82) is 0 Å². The van der Waals surface area contributed by atoms with Gasteiger partial charge in [0.05, 0.1) is 29.2 Å². The van der Waals surface area contributed by atoms with Crippen LogP contribution < -0.4 is 14.9 Å². The first kappa shape index (κ1) is 20.8. The summed E-state index contributed by atoms with van der Waals surface area (Å²) >= 11 is 6.27. The molecule has 4 rings (SSSR count). The summed E-state index contributed by atoms with van der Waals surface area (Å²) in [5.74, 6) is 1.78.